The van der Waals surface area contributed by atoms with E-state index >= 15 is 0 Å². The fourth-order valence-corrected chi connectivity index (χ4v) is 3.90. The lowest BCUT2D eigenvalue weighted by molar-refractivity contribution is 0.0953. The zero-order valence-electron chi connectivity index (χ0n) is 17.0. The van der Waals surface area contributed by atoms with Gasteiger partial charge in [0.1, 0.15) is 5.75 Å². The van der Waals surface area contributed by atoms with Gasteiger partial charge in [-0.15, -0.1) is 0 Å². The molecule has 0 bridgehead atoms. The molecule has 32 heavy (non-hydrogen) atoms. The number of nitrogens with one attached hydrogen (secondary N) is 1. The van der Waals surface area contributed by atoms with Crippen LogP contribution in [0.25, 0.3) is 10.8 Å². The molecule has 0 unspecified atom stereocenters. The number of hydrogen-bond donors (Lipinski definition) is 2. The van der Waals surface area contributed by atoms with Crippen LogP contribution in [0.5, 0.6) is 5.75 Å². The molecule has 0 aliphatic carbocycles. The van der Waals surface area contributed by atoms with Crippen LogP contribution in [0.1, 0.15) is 31.8 Å². The third-order valence-electron chi connectivity index (χ3n) is 5.51. The Balaban J connectivity index is 1.29. The maximum absolute atomic E-state index is 12.9. The molecule has 0 radical (unpaired) electrons. The fourth-order valence-electron chi connectivity index (χ4n) is 3.90. The maximum Gasteiger partial charge on any atom is 0.271 e. The second-order valence-corrected chi connectivity index (χ2v) is 7.53. The summed E-state index contributed by atoms with van der Waals surface area (Å²) in [5.74, 6) is -0.293. The van der Waals surface area contributed by atoms with Gasteiger partial charge in [-0.2, -0.15) is 5.10 Å². The lowest BCUT2D eigenvalue weighted by Crippen LogP contribution is -2.26. The monoisotopic (exact) mass is 421 g/mol. The lowest BCUT2D eigenvalue weighted by atomic mass is 10.1. The molecule has 6 nitrogen and oxygen atoms in total. The topological polar surface area (TPSA) is 82.0 Å². The Hall–Kier alpha value is -4.45. The largest absolute Gasteiger partial charge is 0.507 e. The first-order chi connectivity index (χ1) is 15.6. The first-order valence-electron chi connectivity index (χ1n) is 10.2. The predicted octanol–water partition coefficient (Wildman–Crippen LogP) is 4.47. The number of amides is 2. The maximum atomic E-state index is 12.9. The molecule has 0 saturated carbocycles. The summed E-state index contributed by atoms with van der Waals surface area (Å²) < 4.78 is 0. The normalized spacial score (nSPS) is 12.6. The van der Waals surface area contributed by atoms with E-state index in [4.69, 9.17) is 0 Å². The van der Waals surface area contributed by atoms with Gasteiger partial charge >= 0.3 is 0 Å². The SMILES string of the molecule is O=C(NN=Cc1ccccc1O)c1ccc(CN2C(=O)c3cccc4cccc2c34)cc1. The van der Waals surface area contributed by atoms with Gasteiger partial charge in [-0.1, -0.05) is 48.5 Å². The molecule has 0 fully saturated rings. The Bertz CT molecular complexity index is 1370. The van der Waals surface area contributed by atoms with Crippen LogP contribution in [0.3, 0.4) is 0 Å². The molecule has 1 aliphatic heterocycles. The molecule has 156 valence electrons. The van der Waals surface area contributed by atoms with Crippen LogP contribution < -0.4 is 10.3 Å². The fraction of sp³-hybridized carbons (Fsp3) is 0.0385. The minimum absolute atomic E-state index is 0.0166. The molecule has 2 amide bonds. The van der Waals surface area contributed by atoms with E-state index in [9.17, 15) is 14.7 Å². The Morgan fingerprint density at radius 3 is 2.47 bits per heavy atom. The van der Waals surface area contributed by atoms with Gasteiger partial charge in [-0.3, -0.25) is 9.59 Å². The van der Waals surface area contributed by atoms with Crippen molar-refractivity contribution >= 4 is 34.5 Å². The summed E-state index contributed by atoms with van der Waals surface area (Å²) in [6, 6.07) is 25.5. The van der Waals surface area contributed by atoms with Gasteiger partial charge in [0.15, 0.2) is 0 Å². The Kier molecular flexibility index (Phi) is 4.88. The van der Waals surface area contributed by atoms with Gasteiger partial charge < -0.3 is 10.0 Å². The summed E-state index contributed by atoms with van der Waals surface area (Å²) in [4.78, 5) is 27.1. The summed E-state index contributed by atoms with van der Waals surface area (Å²) in [6.45, 7) is 0.417. The van der Waals surface area contributed by atoms with Crippen molar-refractivity contribution in [3.63, 3.8) is 0 Å². The van der Waals surface area contributed by atoms with Crippen molar-refractivity contribution in [1.82, 2.24) is 5.43 Å². The van der Waals surface area contributed by atoms with Crippen molar-refractivity contribution < 1.29 is 14.7 Å². The van der Waals surface area contributed by atoms with Gasteiger partial charge in [0.2, 0.25) is 0 Å². The average Bonchev–Trinajstić information content (AvgIpc) is 3.09. The van der Waals surface area contributed by atoms with Crippen molar-refractivity contribution in [2.45, 2.75) is 6.54 Å². The van der Waals surface area contributed by atoms with E-state index in [1.165, 1.54) is 6.21 Å². The molecule has 6 heteroatoms. The molecule has 4 aromatic carbocycles. The lowest BCUT2D eigenvalue weighted by Gasteiger charge is -2.18. The quantitative estimate of drug-likeness (QED) is 0.368. The summed E-state index contributed by atoms with van der Waals surface area (Å²) in [5, 5.41) is 15.7. The second kappa shape index (κ2) is 8.00. The number of carbonyl (C=O) groups is 2. The van der Waals surface area contributed by atoms with Crippen LogP contribution in [-0.4, -0.2) is 23.1 Å². The molecule has 0 aromatic heterocycles. The number of anilines is 1. The third kappa shape index (κ3) is 3.48. The van der Waals surface area contributed by atoms with Crippen molar-refractivity contribution in [3.05, 3.63) is 107 Å². The number of para-hydroxylation sites is 1. The van der Waals surface area contributed by atoms with Gasteiger partial charge in [0, 0.05) is 22.1 Å². The molecule has 0 saturated heterocycles. The minimum atomic E-state index is -0.363. The number of carbonyl (C=O) groups excluding carboxylic acids is 2. The number of hydrazone groups is 1. The summed E-state index contributed by atoms with van der Waals surface area (Å²) in [5.41, 5.74) is 5.95. The van der Waals surface area contributed by atoms with Crippen LogP contribution in [0, 0.1) is 0 Å². The molecular formula is C26H19N3O3. The van der Waals surface area contributed by atoms with Gasteiger partial charge in [-0.05, 0) is 47.3 Å². The van der Waals surface area contributed by atoms with E-state index in [-0.39, 0.29) is 17.6 Å². The molecule has 1 heterocycles. The van der Waals surface area contributed by atoms with E-state index in [1.807, 2.05) is 48.5 Å². The van der Waals surface area contributed by atoms with Gasteiger partial charge in [-0.25, -0.2) is 5.43 Å². The Morgan fingerprint density at radius 2 is 1.69 bits per heavy atom. The van der Waals surface area contributed by atoms with Crippen LogP contribution >= 0.6 is 0 Å². The van der Waals surface area contributed by atoms with Crippen molar-refractivity contribution in [2.24, 2.45) is 5.10 Å². The molecule has 2 N–H and O–H groups in total. The number of phenols is 1. The molecule has 5 rings (SSSR count). The number of aromatic hydroxyl groups is 1. The van der Waals surface area contributed by atoms with Crippen LogP contribution in [0.15, 0.2) is 90.0 Å². The summed E-state index contributed by atoms with van der Waals surface area (Å²) in [7, 11) is 0. The van der Waals surface area contributed by atoms with Crippen LogP contribution in [0.4, 0.5) is 5.69 Å². The third-order valence-corrected chi connectivity index (χ3v) is 5.51. The number of phenolic OH excluding ortho intramolecular Hbond substituents is 1. The number of rotatable bonds is 5. The molecule has 4 aromatic rings. The number of nitrogens with zero attached hydrogens (tertiary/aromatic N) is 2. The smallest absolute Gasteiger partial charge is 0.271 e. The summed E-state index contributed by atoms with van der Waals surface area (Å²) >= 11 is 0. The molecular weight excluding hydrogens is 402 g/mol. The second-order valence-electron chi connectivity index (χ2n) is 7.53. The molecule has 0 atom stereocenters. The highest BCUT2D eigenvalue weighted by Gasteiger charge is 2.29. The van der Waals surface area contributed by atoms with Crippen molar-refractivity contribution in [1.29, 1.82) is 0 Å². The average molecular weight is 421 g/mol. The highest BCUT2D eigenvalue weighted by Crippen LogP contribution is 2.37. The first-order valence-corrected chi connectivity index (χ1v) is 10.2. The zero-order chi connectivity index (χ0) is 22.1. The standard InChI is InChI=1S/C26H19N3O3/c30-23-10-2-1-5-20(23)15-27-28-25(31)19-13-11-17(12-14-19)16-29-22-9-4-7-18-6-3-8-21(24(18)22)26(29)32/h1-15,30H,16H2,(H,28,31). The van der Waals surface area contributed by atoms with E-state index < -0.39 is 0 Å². The minimum Gasteiger partial charge on any atom is -0.507 e. The van der Waals surface area contributed by atoms with E-state index in [1.54, 1.807) is 41.3 Å². The van der Waals surface area contributed by atoms with Gasteiger partial charge in [0.25, 0.3) is 11.8 Å². The first kappa shape index (κ1) is 19.5. The van der Waals surface area contributed by atoms with E-state index in [2.05, 4.69) is 10.5 Å². The molecule has 1 aliphatic rings. The predicted molar refractivity (Wildman–Crippen MR) is 124 cm³/mol. The zero-order valence-corrected chi connectivity index (χ0v) is 17.0. The highest BCUT2D eigenvalue weighted by molar-refractivity contribution is 6.24. The highest BCUT2D eigenvalue weighted by atomic mass is 16.3. The Morgan fingerprint density at radius 1 is 0.938 bits per heavy atom. The van der Waals surface area contributed by atoms with Gasteiger partial charge in [0.05, 0.1) is 18.4 Å². The number of hydrogen-bond acceptors (Lipinski definition) is 4. The van der Waals surface area contributed by atoms with Crippen molar-refractivity contribution in [2.75, 3.05) is 4.90 Å². The Labute approximate surface area is 184 Å². The molecule has 0 spiro atoms. The van der Waals surface area contributed by atoms with E-state index in [0.717, 1.165) is 27.6 Å². The number of benzene rings is 4. The van der Waals surface area contributed by atoms with Crippen LogP contribution in [0.2, 0.25) is 0 Å². The van der Waals surface area contributed by atoms with E-state index in [0.29, 0.717) is 17.7 Å². The van der Waals surface area contributed by atoms with Crippen LogP contribution in [-0.2, 0) is 6.54 Å². The van der Waals surface area contributed by atoms with Crippen molar-refractivity contribution in [3.8, 4) is 5.75 Å². The summed E-state index contributed by atoms with van der Waals surface area (Å²) in [6.07, 6.45) is 1.39.